The standard InChI is InChI=1S/C24H21F3N4O4/c25-24(26,27)18-11-16(35-13-15(33)12-32)7-8-17(18)23-29-19-5-3-4-14(22(19)31-23)10-21(34)30-20-6-1-2-9-28-20/h1-9,11,15,32-33H,10,12-13H2,(H,29,31)(H,28,30,34)/t15-/m1/s1. The van der Waals surface area contributed by atoms with E-state index in [9.17, 15) is 23.1 Å². The molecule has 35 heavy (non-hydrogen) atoms. The van der Waals surface area contributed by atoms with Crippen LogP contribution in [0.1, 0.15) is 11.1 Å². The molecule has 1 amide bonds. The minimum Gasteiger partial charge on any atom is -0.491 e. The second kappa shape index (κ2) is 10.1. The molecule has 0 fully saturated rings. The van der Waals surface area contributed by atoms with Gasteiger partial charge in [-0.15, -0.1) is 0 Å². The molecule has 2 heterocycles. The predicted octanol–water partition coefficient (Wildman–Crippen LogP) is 3.56. The predicted molar refractivity (Wildman–Crippen MR) is 122 cm³/mol. The van der Waals surface area contributed by atoms with E-state index in [0.29, 0.717) is 22.4 Å². The van der Waals surface area contributed by atoms with E-state index in [4.69, 9.17) is 9.84 Å². The number of halogens is 3. The number of aromatic amines is 1. The molecule has 1 atom stereocenters. The zero-order valence-corrected chi connectivity index (χ0v) is 18.2. The maximum Gasteiger partial charge on any atom is 0.417 e. The summed E-state index contributed by atoms with van der Waals surface area (Å²) in [6.07, 6.45) is -4.44. The molecule has 4 N–H and O–H groups in total. The summed E-state index contributed by atoms with van der Waals surface area (Å²) in [7, 11) is 0. The summed E-state index contributed by atoms with van der Waals surface area (Å²) in [4.78, 5) is 23.8. The molecule has 0 aliphatic rings. The quantitative estimate of drug-likeness (QED) is 0.302. The van der Waals surface area contributed by atoms with Crippen molar-refractivity contribution in [1.82, 2.24) is 15.0 Å². The fourth-order valence-electron chi connectivity index (χ4n) is 3.46. The van der Waals surface area contributed by atoms with E-state index < -0.39 is 24.5 Å². The number of aliphatic hydroxyl groups excluding tert-OH is 2. The summed E-state index contributed by atoms with van der Waals surface area (Å²) in [6, 6.07) is 13.5. The molecule has 0 aliphatic heterocycles. The fourth-order valence-corrected chi connectivity index (χ4v) is 3.46. The Balaban J connectivity index is 1.64. The van der Waals surface area contributed by atoms with Crippen LogP contribution in [0.5, 0.6) is 5.75 Å². The van der Waals surface area contributed by atoms with Crippen molar-refractivity contribution in [3.63, 3.8) is 0 Å². The van der Waals surface area contributed by atoms with Crippen molar-refractivity contribution in [2.45, 2.75) is 18.7 Å². The number of nitrogens with zero attached hydrogens (tertiary/aromatic N) is 2. The largest absolute Gasteiger partial charge is 0.491 e. The van der Waals surface area contributed by atoms with Crippen molar-refractivity contribution in [3.05, 3.63) is 71.9 Å². The molecule has 2 aromatic heterocycles. The molecule has 182 valence electrons. The van der Waals surface area contributed by atoms with Crippen LogP contribution in [0.25, 0.3) is 22.4 Å². The lowest BCUT2D eigenvalue weighted by Gasteiger charge is -2.15. The molecule has 0 unspecified atom stereocenters. The van der Waals surface area contributed by atoms with Gasteiger partial charge in [-0.1, -0.05) is 18.2 Å². The molecule has 8 nitrogen and oxygen atoms in total. The number of benzene rings is 2. The number of nitrogens with one attached hydrogen (secondary N) is 2. The Labute approximate surface area is 197 Å². The maximum atomic E-state index is 13.8. The van der Waals surface area contributed by atoms with Crippen molar-refractivity contribution in [2.75, 3.05) is 18.5 Å². The van der Waals surface area contributed by atoms with Crippen LogP contribution in [0.2, 0.25) is 0 Å². The number of aromatic nitrogens is 3. The first kappa shape index (κ1) is 24.2. The highest BCUT2D eigenvalue weighted by Crippen LogP contribution is 2.39. The number of pyridine rings is 1. The molecular weight excluding hydrogens is 465 g/mol. The maximum absolute atomic E-state index is 13.8. The summed E-state index contributed by atoms with van der Waals surface area (Å²) in [5, 5.41) is 20.9. The first-order valence-corrected chi connectivity index (χ1v) is 10.6. The van der Waals surface area contributed by atoms with E-state index >= 15 is 0 Å². The number of hydrogen-bond donors (Lipinski definition) is 4. The van der Waals surface area contributed by atoms with Gasteiger partial charge in [0.1, 0.15) is 30.1 Å². The average Bonchev–Trinajstić information content (AvgIpc) is 3.27. The van der Waals surface area contributed by atoms with E-state index in [1.54, 1.807) is 42.6 Å². The zero-order valence-electron chi connectivity index (χ0n) is 18.2. The van der Waals surface area contributed by atoms with Crippen LogP contribution in [0, 0.1) is 0 Å². The number of rotatable bonds is 8. The van der Waals surface area contributed by atoms with Gasteiger partial charge < -0.3 is 25.3 Å². The van der Waals surface area contributed by atoms with E-state index in [1.165, 1.54) is 12.1 Å². The van der Waals surface area contributed by atoms with Crippen LogP contribution >= 0.6 is 0 Å². The number of imidazole rings is 1. The highest BCUT2D eigenvalue weighted by atomic mass is 19.4. The zero-order chi connectivity index (χ0) is 25.0. The fraction of sp³-hybridized carbons (Fsp3) is 0.208. The minimum absolute atomic E-state index is 0.0214. The molecule has 0 bridgehead atoms. The number of ether oxygens (including phenoxy) is 1. The number of amides is 1. The van der Waals surface area contributed by atoms with Gasteiger partial charge in [-0.25, -0.2) is 9.97 Å². The van der Waals surface area contributed by atoms with Gasteiger partial charge in [-0.2, -0.15) is 13.2 Å². The molecule has 0 aliphatic carbocycles. The topological polar surface area (TPSA) is 120 Å². The lowest BCUT2D eigenvalue weighted by molar-refractivity contribution is -0.137. The summed E-state index contributed by atoms with van der Waals surface area (Å²) in [5.74, 6) is -0.0947. The van der Waals surface area contributed by atoms with Crippen LogP contribution in [0.15, 0.2) is 60.8 Å². The highest BCUT2D eigenvalue weighted by molar-refractivity contribution is 5.94. The third-order valence-corrected chi connectivity index (χ3v) is 5.08. The van der Waals surface area contributed by atoms with Crippen LogP contribution in [0.4, 0.5) is 19.0 Å². The Morgan fingerprint density at radius 2 is 1.97 bits per heavy atom. The highest BCUT2D eigenvalue weighted by Gasteiger charge is 2.35. The Bertz CT molecular complexity index is 1330. The molecule has 4 aromatic rings. The van der Waals surface area contributed by atoms with Gasteiger partial charge in [0.25, 0.3) is 0 Å². The number of para-hydroxylation sites is 1. The Hall–Kier alpha value is -3.96. The SMILES string of the molecule is O=C(Cc1cccc2[nH]c(-c3ccc(OC[C@H](O)CO)cc3C(F)(F)F)nc12)Nc1ccccn1. The van der Waals surface area contributed by atoms with Crippen molar-refractivity contribution in [2.24, 2.45) is 0 Å². The monoisotopic (exact) mass is 486 g/mol. The van der Waals surface area contributed by atoms with Crippen molar-refractivity contribution < 1.29 is 32.9 Å². The van der Waals surface area contributed by atoms with Gasteiger partial charge in [0.2, 0.25) is 5.91 Å². The molecule has 4 rings (SSSR count). The van der Waals surface area contributed by atoms with Gasteiger partial charge in [0, 0.05) is 11.8 Å². The second-order valence-corrected chi connectivity index (χ2v) is 7.69. The number of aliphatic hydroxyl groups is 2. The normalized spacial score (nSPS) is 12.5. The molecule has 2 aromatic carbocycles. The van der Waals surface area contributed by atoms with Gasteiger partial charge in [0.15, 0.2) is 0 Å². The Morgan fingerprint density at radius 3 is 2.69 bits per heavy atom. The van der Waals surface area contributed by atoms with Gasteiger partial charge >= 0.3 is 6.18 Å². The molecule has 0 radical (unpaired) electrons. The average molecular weight is 486 g/mol. The Morgan fingerprint density at radius 1 is 1.14 bits per heavy atom. The van der Waals surface area contributed by atoms with E-state index in [2.05, 4.69) is 20.3 Å². The molecule has 0 spiro atoms. The van der Waals surface area contributed by atoms with Gasteiger partial charge in [-0.3, -0.25) is 4.79 Å². The number of carbonyl (C=O) groups excluding carboxylic acids is 1. The van der Waals surface area contributed by atoms with Crippen LogP contribution in [-0.4, -0.2) is 50.4 Å². The first-order chi connectivity index (χ1) is 16.7. The van der Waals surface area contributed by atoms with Crippen molar-refractivity contribution in [1.29, 1.82) is 0 Å². The number of H-pyrrole nitrogens is 1. The third kappa shape index (κ3) is 5.76. The summed E-state index contributed by atoms with van der Waals surface area (Å²) in [6.45, 7) is -0.937. The van der Waals surface area contributed by atoms with Crippen LogP contribution in [0.3, 0.4) is 0 Å². The summed E-state index contributed by atoms with van der Waals surface area (Å²) >= 11 is 0. The summed E-state index contributed by atoms with van der Waals surface area (Å²) < 4.78 is 46.7. The molecule has 11 heteroatoms. The van der Waals surface area contributed by atoms with Crippen molar-refractivity contribution in [3.8, 4) is 17.1 Å². The van der Waals surface area contributed by atoms with Gasteiger partial charge in [-0.05, 0) is 42.0 Å². The Kier molecular flexibility index (Phi) is 6.99. The first-order valence-electron chi connectivity index (χ1n) is 10.6. The number of carbonyl (C=O) groups is 1. The van der Waals surface area contributed by atoms with Crippen LogP contribution in [-0.2, 0) is 17.4 Å². The number of anilines is 1. The lowest BCUT2D eigenvalue weighted by atomic mass is 10.1. The van der Waals surface area contributed by atoms with E-state index in [-0.39, 0.29) is 36.1 Å². The second-order valence-electron chi connectivity index (χ2n) is 7.69. The summed E-state index contributed by atoms with van der Waals surface area (Å²) in [5.41, 5.74) is 0.195. The number of alkyl halides is 3. The van der Waals surface area contributed by atoms with Gasteiger partial charge in [0.05, 0.1) is 29.6 Å². The lowest BCUT2D eigenvalue weighted by Crippen LogP contribution is -2.21. The number of fused-ring (bicyclic) bond motifs is 1. The van der Waals surface area contributed by atoms with Crippen LogP contribution < -0.4 is 10.1 Å². The minimum atomic E-state index is -4.71. The third-order valence-electron chi connectivity index (χ3n) is 5.08. The van der Waals surface area contributed by atoms with E-state index in [1.807, 2.05) is 0 Å². The van der Waals surface area contributed by atoms with Crippen molar-refractivity contribution >= 4 is 22.8 Å². The molecule has 0 saturated heterocycles. The molecular formula is C24H21F3N4O4. The smallest absolute Gasteiger partial charge is 0.417 e. The van der Waals surface area contributed by atoms with E-state index in [0.717, 1.165) is 6.07 Å². The number of hydrogen-bond acceptors (Lipinski definition) is 6. The molecule has 0 saturated carbocycles.